The lowest BCUT2D eigenvalue weighted by Gasteiger charge is -2.46. The molecule has 2 atom stereocenters. The highest BCUT2D eigenvalue weighted by Crippen LogP contribution is 2.51. The summed E-state index contributed by atoms with van der Waals surface area (Å²) in [6, 6.07) is 28.2. The summed E-state index contributed by atoms with van der Waals surface area (Å²) in [6.45, 7) is 11.3. The number of rotatable bonds is 3. The Labute approximate surface area is 174 Å². The van der Waals surface area contributed by atoms with Crippen LogP contribution in [0.2, 0.25) is 0 Å². The monoisotopic (exact) mass is 380 g/mol. The molecule has 0 amide bonds. The first-order valence-electron chi connectivity index (χ1n) is 10.6. The molecule has 2 heterocycles. The molecule has 1 heteroatoms. The van der Waals surface area contributed by atoms with Crippen LogP contribution in [0.25, 0.3) is 22.0 Å². The number of hydrogen-bond acceptors (Lipinski definition) is 0. The standard InChI is InChI=1S/C28H30N/c1-5-27(4)24-20-19-22-16-12-10-8-9-11-13-17-23(22)26(24)25-18-14-15-21-29(25)28(27,6-2)7-3/h6,8-21H,2,5,7H2,1,3-4H3/q+1. The van der Waals surface area contributed by atoms with Gasteiger partial charge in [-0.1, -0.05) is 81.1 Å². The van der Waals surface area contributed by atoms with Gasteiger partial charge < -0.3 is 0 Å². The average Bonchev–Trinajstić information content (AvgIpc) is 2.77. The summed E-state index contributed by atoms with van der Waals surface area (Å²) < 4.78 is 2.47. The number of hydrogen-bond donors (Lipinski definition) is 0. The minimum atomic E-state index is -0.155. The van der Waals surface area contributed by atoms with Crippen LogP contribution in [0.5, 0.6) is 0 Å². The van der Waals surface area contributed by atoms with Crippen molar-refractivity contribution < 1.29 is 4.57 Å². The Kier molecular flexibility index (Phi) is 5.00. The van der Waals surface area contributed by atoms with Crippen molar-refractivity contribution in [3.05, 3.63) is 103 Å². The smallest absolute Gasteiger partial charge is 0.188 e. The molecule has 4 rings (SSSR count). The van der Waals surface area contributed by atoms with Gasteiger partial charge in [0.15, 0.2) is 11.7 Å². The molecule has 0 spiro atoms. The molecule has 0 saturated carbocycles. The fraction of sp³-hybridized carbons (Fsp3) is 0.250. The van der Waals surface area contributed by atoms with Crippen LogP contribution >= 0.6 is 0 Å². The third-order valence-electron chi connectivity index (χ3n) is 7.05. The molecule has 0 bridgehead atoms. The Balaban J connectivity index is 2.23. The van der Waals surface area contributed by atoms with Crippen molar-refractivity contribution in [3.8, 4) is 11.3 Å². The van der Waals surface area contributed by atoms with Crippen LogP contribution in [-0.2, 0) is 11.0 Å². The number of allylic oxidation sites excluding steroid dienone is 1. The second-order valence-corrected chi connectivity index (χ2v) is 8.10. The van der Waals surface area contributed by atoms with Gasteiger partial charge in [0.1, 0.15) is 0 Å². The molecule has 3 aromatic rings. The highest BCUT2D eigenvalue weighted by atomic mass is 15.1. The van der Waals surface area contributed by atoms with Crippen LogP contribution in [0, 0.1) is 0 Å². The zero-order valence-electron chi connectivity index (χ0n) is 17.7. The number of aromatic nitrogens is 1. The van der Waals surface area contributed by atoms with Gasteiger partial charge in [-0.15, -0.1) is 0 Å². The van der Waals surface area contributed by atoms with E-state index in [1.54, 1.807) is 0 Å². The first kappa shape index (κ1) is 19.4. The van der Waals surface area contributed by atoms with Gasteiger partial charge in [-0.2, -0.15) is 4.57 Å². The van der Waals surface area contributed by atoms with Crippen LogP contribution in [0.1, 0.15) is 39.2 Å². The van der Waals surface area contributed by atoms with Gasteiger partial charge in [-0.3, -0.25) is 0 Å². The summed E-state index contributed by atoms with van der Waals surface area (Å²) in [5, 5.41) is 2.53. The molecule has 29 heavy (non-hydrogen) atoms. The van der Waals surface area contributed by atoms with Crippen LogP contribution < -0.4 is 4.57 Å². The first-order valence-corrected chi connectivity index (χ1v) is 10.6. The second-order valence-electron chi connectivity index (χ2n) is 8.10. The lowest BCUT2D eigenvalue weighted by molar-refractivity contribution is -0.756. The van der Waals surface area contributed by atoms with Crippen molar-refractivity contribution in [1.29, 1.82) is 0 Å². The van der Waals surface area contributed by atoms with Crippen molar-refractivity contribution >= 4 is 10.8 Å². The summed E-state index contributed by atoms with van der Waals surface area (Å²) in [5.74, 6) is 0. The van der Waals surface area contributed by atoms with Gasteiger partial charge in [-0.05, 0) is 41.8 Å². The highest BCUT2D eigenvalue weighted by molar-refractivity contribution is 5.97. The van der Waals surface area contributed by atoms with Crippen LogP contribution in [0.15, 0.2) is 97.7 Å². The average molecular weight is 381 g/mol. The SMILES string of the molecule is C=CC1(CC)[n+]2ccccc2-c2c(ccc3ccccccccc23)C1(C)CC. The minimum Gasteiger partial charge on any atom is -0.188 e. The summed E-state index contributed by atoms with van der Waals surface area (Å²) >= 11 is 0. The summed E-state index contributed by atoms with van der Waals surface area (Å²) in [6.07, 6.45) is 6.46. The van der Waals surface area contributed by atoms with E-state index in [4.69, 9.17) is 0 Å². The molecule has 1 aliphatic heterocycles. The third-order valence-corrected chi connectivity index (χ3v) is 7.05. The largest absolute Gasteiger partial charge is 0.214 e. The lowest BCUT2D eigenvalue weighted by atomic mass is 9.59. The van der Waals surface area contributed by atoms with Gasteiger partial charge in [-0.25, -0.2) is 0 Å². The molecule has 0 fully saturated rings. The highest BCUT2D eigenvalue weighted by Gasteiger charge is 2.57. The van der Waals surface area contributed by atoms with Crippen LogP contribution in [0.3, 0.4) is 0 Å². The molecule has 0 saturated heterocycles. The Morgan fingerprint density at radius 2 is 1.52 bits per heavy atom. The van der Waals surface area contributed by atoms with Gasteiger partial charge >= 0.3 is 0 Å². The van der Waals surface area contributed by atoms with Crippen molar-refractivity contribution in [3.63, 3.8) is 0 Å². The second kappa shape index (κ2) is 7.48. The lowest BCUT2D eigenvalue weighted by Crippen LogP contribution is -2.68. The van der Waals surface area contributed by atoms with E-state index in [-0.39, 0.29) is 11.0 Å². The van der Waals surface area contributed by atoms with E-state index in [1.165, 1.54) is 27.6 Å². The van der Waals surface area contributed by atoms with Gasteiger partial charge in [0, 0.05) is 18.6 Å². The van der Waals surface area contributed by atoms with E-state index in [0.717, 1.165) is 12.8 Å². The molecule has 0 N–H and O–H groups in total. The van der Waals surface area contributed by atoms with E-state index in [1.807, 2.05) is 0 Å². The van der Waals surface area contributed by atoms with Crippen molar-refractivity contribution in [2.75, 3.05) is 0 Å². The topological polar surface area (TPSA) is 3.88 Å². The van der Waals surface area contributed by atoms with E-state index in [2.05, 4.69) is 123 Å². The Morgan fingerprint density at radius 1 is 0.828 bits per heavy atom. The molecule has 146 valence electrons. The van der Waals surface area contributed by atoms with E-state index < -0.39 is 0 Å². The quantitative estimate of drug-likeness (QED) is 0.344. The van der Waals surface area contributed by atoms with Gasteiger partial charge in [0.25, 0.3) is 0 Å². The van der Waals surface area contributed by atoms with Crippen LogP contribution in [-0.4, -0.2) is 0 Å². The Bertz CT molecular complexity index is 1130. The molecule has 0 radical (unpaired) electrons. The zero-order chi connectivity index (χ0) is 20.5. The predicted octanol–water partition coefficient (Wildman–Crippen LogP) is 6.89. The first-order chi connectivity index (χ1) is 14.1. The predicted molar refractivity (Wildman–Crippen MR) is 123 cm³/mol. The van der Waals surface area contributed by atoms with Crippen molar-refractivity contribution in [2.24, 2.45) is 0 Å². The fourth-order valence-electron chi connectivity index (χ4n) is 5.28. The molecule has 0 aliphatic carbocycles. The molecular weight excluding hydrogens is 350 g/mol. The number of pyridine rings is 1. The van der Waals surface area contributed by atoms with Crippen LogP contribution in [0.4, 0.5) is 0 Å². The van der Waals surface area contributed by atoms with E-state index >= 15 is 0 Å². The molecule has 1 aromatic heterocycles. The van der Waals surface area contributed by atoms with Crippen molar-refractivity contribution in [1.82, 2.24) is 0 Å². The maximum atomic E-state index is 4.32. The molecule has 2 aromatic carbocycles. The number of fused-ring (bicyclic) bond motifs is 5. The number of benzene rings is 1. The maximum absolute atomic E-state index is 4.32. The van der Waals surface area contributed by atoms with Gasteiger partial charge in [0.2, 0.25) is 5.69 Å². The molecule has 2 unspecified atom stereocenters. The van der Waals surface area contributed by atoms with Gasteiger partial charge in [0.05, 0.1) is 11.0 Å². The summed E-state index contributed by atoms with van der Waals surface area (Å²) in [4.78, 5) is 0. The van der Waals surface area contributed by atoms with Crippen molar-refractivity contribution in [2.45, 2.75) is 44.6 Å². The Morgan fingerprint density at radius 3 is 2.21 bits per heavy atom. The molecular formula is C28H30N+. The summed E-state index contributed by atoms with van der Waals surface area (Å²) in [7, 11) is 0. The fourth-order valence-corrected chi connectivity index (χ4v) is 5.28. The third kappa shape index (κ3) is 2.72. The normalized spacial score (nSPS) is 22.3. The Hall–Kier alpha value is -2.93. The van der Waals surface area contributed by atoms with E-state index in [9.17, 15) is 0 Å². The summed E-state index contributed by atoms with van der Waals surface area (Å²) in [5.41, 5.74) is 3.83. The molecule has 1 aliphatic rings. The minimum absolute atomic E-state index is 0.0461. The maximum Gasteiger partial charge on any atom is 0.214 e. The van der Waals surface area contributed by atoms with E-state index in [0.29, 0.717) is 0 Å². The number of nitrogens with zero attached hydrogens (tertiary/aromatic N) is 1. The zero-order valence-corrected chi connectivity index (χ0v) is 17.7. The molecule has 1 nitrogen and oxygen atoms in total.